The molecule has 11 nitrogen and oxygen atoms in total. The fourth-order valence-corrected chi connectivity index (χ4v) is 5.18. The smallest absolute Gasteiger partial charge is 0.475 e. The van der Waals surface area contributed by atoms with E-state index in [0.29, 0.717) is 23.4 Å². The van der Waals surface area contributed by atoms with Crippen LogP contribution in [-0.2, 0) is 30.3 Å². The molecule has 2 amide bonds. The number of aryl methyl sites for hydroxylation is 1. The van der Waals surface area contributed by atoms with Crippen LogP contribution in [0, 0.1) is 6.92 Å². The van der Waals surface area contributed by atoms with Gasteiger partial charge in [-0.1, -0.05) is 48.5 Å². The molecule has 6 N–H and O–H groups in total. The number of nitrogen functional groups attached to an aromatic ring is 1. The number of benzene rings is 4. The van der Waals surface area contributed by atoms with E-state index in [4.69, 9.17) is 25.1 Å². The number of fused-ring (bicyclic) bond motifs is 10. The SMILES string of the molecule is CCOC(=O)CC1NC(=O)C(Nc2ccc3c(N)cccc3c2)c2ccc(c(C)c2)CCOC(=O)Nc2cccc1c2.O=C(O)C(F)(F)F. The van der Waals surface area contributed by atoms with Crippen molar-refractivity contribution in [2.75, 3.05) is 29.6 Å². The molecule has 6 rings (SSSR count). The summed E-state index contributed by atoms with van der Waals surface area (Å²) in [7, 11) is 0. The molecule has 0 aliphatic carbocycles. The van der Waals surface area contributed by atoms with E-state index < -0.39 is 36.3 Å². The molecular formula is C35H35F3N4O7. The van der Waals surface area contributed by atoms with Gasteiger partial charge in [0.1, 0.15) is 6.04 Å². The second kappa shape index (κ2) is 15.9. The number of halogens is 3. The largest absolute Gasteiger partial charge is 0.490 e. The van der Waals surface area contributed by atoms with Crippen LogP contribution in [0.1, 0.15) is 47.7 Å². The predicted molar refractivity (Wildman–Crippen MR) is 177 cm³/mol. The summed E-state index contributed by atoms with van der Waals surface area (Å²) in [5.41, 5.74) is 11.4. The number of rotatable bonds is 5. The van der Waals surface area contributed by atoms with Gasteiger partial charge in [0.25, 0.3) is 0 Å². The zero-order valence-electron chi connectivity index (χ0n) is 26.6. The molecule has 4 aromatic carbocycles. The summed E-state index contributed by atoms with van der Waals surface area (Å²) in [5.74, 6) is -3.53. The summed E-state index contributed by atoms with van der Waals surface area (Å²) in [6, 6.07) is 22.8. The topological polar surface area (TPSA) is 169 Å². The molecule has 0 saturated heterocycles. The van der Waals surface area contributed by atoms with E-state index in [1.807, 2.05) is 61.5 Å². The van der Waals surface area contributed by atoms with Crippen LogP contribution in [0.2, 0.25) is 0 Å². The number of carbonyl (C=O) groups excluding carboxylic acids is 3. The van der Waals surface area contributed by atoms with Gasteiger partial charge < -0.3 is 30.9 Å². The van der Waals surface area contributed by atoms with Gasteiger partial charge in [-0.05, 0) is 71.8 Å². The Morgan fingerprint density at radius 3 is 2.45 bits per heavy atom. The highest BCUT2D eigenvalue weighted by Crippen LogP contribution is 2.29. The summed E-state index contributed by atoms with van der Waals surface area (Å²) in [6.07, 6.45) is -5.23. The Labute approximate surface area is 279 Å². The first-order chi connectivity index (χ1) is 23.2. The molecule has 258 valence electrons. The first kappa shape index (κ1) is 36.1. The number of ether oxygens (including phenoxy) is 2. The zero-order valence-corrected chi connectivity index (χ0v) is 26.6. The molecule has 0 radical (unpaired) electrons. The molecule has 0 fully saturated rings. The Balaban J connectivity index is 0.000000698. The number of esters is 1. The Morgan fingerprint density at radius 1 is 1.02 bits per heavy atom. The number of aliphatic carboxylic acids is 1. The fraction of sp³-hybridized carbons (Fsp3) is 0.257. The summed E-state index contributed by atoms with van der Waals surface area (Å²) in [6.45, 7) is 4.10. The van der Waals surface area contributed by atoms with Crippen molar-refractivity contribution < 1.29 is 46.9 Å². The number of carboxylic acids is 1. The van der Waals surface area contributed by atoms with Crippen LogP contribution >= 0.6 is 0 Å². The summed E-state index contributed by atoms with van der Waals surface area (Å²) < 4.78 is 42.4. The van der Waals surface area contributed by atoms with Crippen molar-refractivity contribution in [2.24, 2.45) is 0 Å². The van der Waals surface area contributed by atoms with Crippen LogP contribution in [-0.4, -0.2) is 48.4 Å². The number of nitrogens with two attached hydrogens (primary N) is 1. The Bertz CT molecular complexity index is 1850. The number of carbonyl (C=O) groups is 4. The maximum atomic E-state index is 14.1. The van der Waals surface area contributed by atoms with Crippen molar-refractivity contribution in [1.29, 1.82) is 0 Å². The minimum Gasteiger partial charge on any atom is -0.475 e. The lowest BCUT2D eigenvalue weighted by atomic mass is 9.96. The highest BCUT2D eigenvalue weighted by Gasteiger charge is 2.38. The zero-order chi connectivity index (χ0) is 35.7. The number of amides is 2. The molecular weight excluding hydrogens is 645 g/mol. The normalized spacial score (nSPS) is 16.3. The maximum absolute atomic E-state index is 14.1. The summed E-state index contributed by atoms with van der Waals surface area (Å²) in [5, 5.41) is 18.2. The second-order valence-electron chi connectivity index (χ2n) is 11.1. The number of alkyl halides is 3. The van der Waals surface area contributed by atoms with Gasteiger partial charge in [-0.25, -0.2) is 9.59 Å². The fourth-order valence-electron chi connectivity index (χ4n) is 5.18. The minimum absolute atomic E-state index is 0.0899. The second-order valence-corrected chi connectivity index (χ2v) is 11.1. The third-order valence-corrected chi connectivity index (χ3v) is 7.56. The molecule has 2 unspecified atom stereocenters. The Kier molecular flexibility index (Phi) is 11.7. The number of hydrogen-bond acceptors (Lipinski definition) is 8. The average molecular weight is 681 g/mol. The number of anilines is 3. The molecule has 2 aliphatic rings. The summed E-state index contributed by atoms with van der Waals surface area (Å²) in [4.78, 5) is 48.0. The van der Waals surface area contributed by atoms with Crippen LogP contribution in [0.3, 0.4) is 0 Å². The minimum atomic E-state index is -5.08. The van der Waals surface area contributed by atoms with Gasteiger partial charge in [0.05, 0.1) is 25.7 Å². The van der Waals surface area contributed by atoms with Crippen LogP contribution in [0.4, 0.5) is 35.0 Å². The van der Waals surface area contributed by atoms with E-state index in [9.17, 15) is 27.6 Å². The quantitative estimate of drug-likeness (QED) is 0.118. The number of carboxylic acid groups (broad SMARTS) is 1. The highest BCUT2D eigenvalue weighted by molar-refractivity contribution is 5.95. The van der Waals surface area contributed by atoms with Crippen molar-refractivity contribution >= 4 is 51.8 Å². The van der Waals surface area contributed by atoms with E-state index in [2.05, 4.69) is 16.0 Å². The van der Waals surface area contributed by atoms with Gasteiger partial charge in [-0.2, -0.15) is 13.2 Å². The molecule has 14 heteroatoms. The van der Waals surface area contributed by atoms with Gasteiger partial charge in [-0.15, -0.1) is 0 Å². The number of hydrogen-bond donors (Lipinski definition) is 5. The maximum Gasteiger partial charge on any atom is 0.490 e. The van der Waals surface area contributed by atoms with E-state index >= 15 is 0 Å². The van der Waals surface area contributed by atoms with Gasteiger partial charge in [0, 0.05) is 28.9 Å². The molecule has 2 atom stereocenters. The molecule has 4 aromatic rings. The third kappa shape index (κ3) is 9.86. The first-order valence-corrected chi connectivity index (χ1v) is 15.2. The van der Waals surface area contributed by atoms with E-state index in [-0.39, 0.29) is 25.5 Å². The molecule has 0 saturated carbocycles. The van der Waals surface area contributed by atoms with Gasteiger partial charge in [0.15, 0.2) is 0 Å². The monoisotopic (exact) mass is 680 g/mol. The molecule has 4 bridgehead atoms. The Morgan fingerprint density at radius 2 is 1.76 bits per heavy atom. The van der Waals surface area contributed by atoms with Crippen molar-refractivity contribution in [3.8, 4) is 0 Å². The van der Waals surface area contributed by atoms with Gasteiger partial charge in [-0.3, -0.25) is 14.9 Å². The van der Waals surface area contributed by atoms with E-state index in [1.54, 1.807) is 31.2 Å². The van der Waals surface area contributed by atoms with Gasteiger partial charge in [0.2, 0.25) is 5.91 Å². The third-order valence-electron chi connectivity index (χ3n) is 7.56. The van der Waals surface area contributed by atoms with E-state index in [1.165, 1.54) is 0 Å². The molecule has 2 heterocycles. The average Bonchev–Trinajstić information content (AvgIpc) is 3.04. The lowest BCUT2D eigenvalue weighted by Gasteiger charge is -2.26. The van der Waals surface area contributed by atoms with Crippen molar-refractivity contribution in [3.63, 3.8) is 0 Å². The summed E-state index contributed by atoms with van der Waals surface area (Å²) >= 11 is 0. The van der Waals surface area contributed by atoms with Gasteiger partial charge >= 0.3 is 24.2 Å². The lowest BCUT2D eigenvalue weighted by Crippen LogP contribution is -2.37. The Hall–Kier alpha value is -5.79. The van der Waals surface area contributed by atoms with Crippen molar-refractivity contribution in [3.05, 3.63) is 101 Å². The van der Waals surface area contributed by atoms with Crippen LogP contribution < -0.4 is 21.7 Å². The molecule has 49 heavy (non-hydrogen) atoms. The standard InChI is InChI=1S/C33H34N4O5.C2HF3O2/c1-3-41-30(38)19-29-23-7-4-8-25(18-23)36-33(40)42-15-14-21-10-11-24(16-20(21)2)31(32(39)37-29)35-26-12-13-27-22(17-26)6-5-9-28(27)34;3-2(4,5)1(6)7/h4-13,16-18,29,31,35H,3,14-15,19,34H2,1-2H3,(H,36,40)(H,37,39);(H,6,7). The molecule has 0 spiro atoms. The van der Waals surface area contributed by atoms with Crippen LogP contribution in [0.5, 0.6) is 0 Å². The molecule has 2 aliphatic heterocycles. The van der Waals surface area contributed by atoms with E-state index in [0.717, 1.165) is 33.2 Å². The van der Waals surface area contributed by atoms with Crippen molar-refractivity contribution in [1.82, 2.24) is 5.32 Å². The predicted octanol–water partition coefficient (Wildman–Crippen LogP) is 6.43. The van der Waals surface area contributed by atoms with Crippen LogP contribution in [0.15, 0.2) is 78.9 Å². The highest BCUT2D eigenvalue weighted by atomic mass is 19.4. The number of nitrogens with one attached hydrogen (secondary N) is 3. The van der Waals surface area contributed by atoms with Crippen LogP contribution in [0.25, 0.3) is 10.8 Å². The van der Waals surface area contributed by atoms with Crippen molar-refractivity contribution in [2.45, 2.75) is 44.9 Å². The first-order valence-electron chi connectivity index (χ1n) is 15.2. The molecule has 0 aromatic heterocycles. The lowest BCUT2D eigenvalue weighted by molar-refractivity contribution is -0.192.